The van der Waals surface area contributed by atoms with Gasteiger partial charge in [0.25, 0.3) is 0 Å². The fraction of sp³-hybridized carbons (Fsp3) is 0.833. The molecule has 1 atom stereocenters. The molecule has 3 nitrogen and oxygen atoms in total. The van der Waals surface area contributed by atoms with Gasteiger partial charge in [0.1, 0.15) is 0 Å². The van der Waals surface area contributed by atoms with Gasteiger partial charge in [0.05, 0.1) is 18.3 Å². The molecule has 0 aromatic heterocycles. The van der Waals surface area contributed by atoms with E-state index in [-0.39, 0.29) is 5.60 Å². The zero-order valence-corrected chi connectivity index (χ0v) is 12.0. The van der Waals surface area contributed by atoms with Gasteiger partial charge in [0.2, 0.25) is 0 Å². The van der Waals surface area contributed by atoms with Crippen molar-refractivity contribution in [3.8, 4) is 0 Å². The van der Waals surface area contributed by atoms with Crippen molar-refractivity contribution in [2.24, 2.45) is 0 Å². The van der Waals surface area contributed by atoms with E-state index in [1.165, 1.54) is 4.48 Å². The molecule has 1 N–H and O–H groups in total. The van der Waals surface area contributed by atoms with Gasteiger partial charge < -0.3 is 9.84 Å². The summed E-state index contributed by atoms with van der Waals surface area (Å²) in [6.07, 6.45) is 2.83. The minimum atomic E-state index is -0.405. The Balaban J connectivity index is 2.24. The van der Waals surface area contributed by atoms with E-state index in [9.17, 15) is 5.11 Å². The standard InChI is InChI=1S/C12H22BrNO2/c1-12(2,3)16-9-11(15)8-14-6-4-5-10(13)7-14/h5,11,15H,4,6-9H2,1-3H3/t11-/m0/s1. The minimum absolute atomic E-state index is 0.177. The molecule has 0 fully saturated rings. The number of hydrogen-bond donors (Lipinski definition) is 1. The van der Waals surface area contributed by atoms with Gasteiger partial charge in [-0.25, -0.2) is 0 Å². The number of ether oxygens (including phenoxy) is 1. The van der Waals surface area contributed by atoms with Crippen LogP contribution >= 0.6 is 15.9 Å². The highest BCUT2D eigenvalue weighted by Crippen LogP contribution is 2.15. The Morgan fingerprint density at radius 2 is 2.25 bits per heavy atom. The van der Waals surface area contributed by atoms with Crippen molar-refractivity contribution in [2.75, 3.05) is 26.2 Å². The number of hydrogen-bond acceptors (Lipinski definition) is 3. The molecule has 1 aliphatic rings. The highest BCUT2D eigenvalue weighted by atomic mass is 79.9. The Hall–Kier alpha value is 0.100. The third-order valence-electron chi connectivity index (χ3n) is 2.36. The lowest BCUT2D eigenvalue weighted by atomic mass is 10.2. The molecular formula is C12H22BrNO2. The molecule has 0 aromatic rings. The molecule has 1 heterocycles. The molecule has 16 heavy (non-hydrogen) atoms. The first-order valence-electron chi connectivity index (χ1n) is 5.76. The minimum Gasteiger partial charge on any atom is -0.389 e. The SMILES string of the molecule is CC(C)(C)OC[C@@H](O)CN1CCC=C(Br)C1. The average Bonchev–Trinajstić information content (AvgIpc) is 2.14. The maximum Gasteiger partial charge on any atom is 0.0900 e. The van der Waals surface area contributed by atoms with E-state index in [4.69, 9.17) is 4.74 Å². The number of rotatable bonds is 4. The molecule has 0 amide bonds. The molecule has 0 aromatic carbocycles. The van der Waals surface area contributed by atoms with E-state index in [0.717, 1.165) is 19.5 Å². The van der Waals surface area contributed by atoms with Gasteiger partial charge in [-0.1, -0.05) is 22.0 Å². The summed E-state index contributed by atoms with van der Waals surface area (Å²) >= 11 is 3.50. The zero-order chi connectivity index (χ0) is 12.2. The molecule has 0 radical (unpaired) electrons. The number of aliphatic hydroxyl groups excluding tert-OH is 1. The smallest absolute Gasteiger partial charge is 0.0900 e. The van der Waals surface area contributed by atoms with Crippen LogP contribution in [0.15, 0.2) is 10.6 Å². The Bertz CT molecular complexity index is 248. The number of halogens is 1. The summed E-state index contributed by atoms with van der Waals surface area (Å²) in [4.78, 5) is 2.24. The van der Waals surface area contributed by atoms with Gasteiger partial charge in [0.15, 0.2) is 0 Å². The second kappa shape index (κ2) is 6.15. The van der Waals surface area contributed by atoms with Gasteiger partial charge in [-0.2, -0.15) is 0 Å². The van der Waals surface area contributed by atoms with Gasteiger partial charge in [-0.3, -0.25) is 4.90 Å². The lowest BCUT2D eigenvalue weighted by molar-refractivity contribution is -0.0556. The molecule has 0 saturated carbocycles. The van der Waals surface area contributed by atoms with Gasteiger partial charge in [-0.15, -0.1) is 0 Å². The fourth-order valence-electron chi connectivity index (χ4n) is 1.61. The number of β-amino-alcohol motifs (C(OH)–C–C–N with tert-alkyl or cyclic N) is 1. The van der Waals surface area contributed by atoms with Crippen LogP contribution in [0.1, 0.15) is 27.2 Å². The summed E-state index contributed by atoms with van der Waals surface area (Å²) in [6.45, 7) is 8.99. The Labute approximate surface area is 107 Å². The Morgan fingerprint density at radius 1 is 1.56 bits per heavy atom. The highest BCUT2D eigenvalue weighted by Gasteiger charge is 2.17. The highest BCUT2D eigenvalue weighted by molar-refractivity contribution is 9.11. The Kier molecular flexibility index (Phi) is 5.44. The van der Waals surface area contributed by atoms with Crippen LogP contribution < -0.4 is 0 Å². The summed E-state index contributed by atoms with van der Waals surface area (Å²) in [5, 5.41) is 9.85. The summed E-state index contributed by atoms with van der Waals surface area (Å²) in [6, 6.07) is 0. The maximum atomic E-state index is 9.85. The predicted octanol–water partition coefficient (Wildman–Crippen LogP) is 2.15. The lowest BCUT2D eigenvalue weighted by Gasteiger charge is -2.28. The van der Waals surface area contributed by atoms with E-state index in [2.05, 4.69) is 26.9 Å². The molecule has 4 heteroatoms. The van der Waals surface area contributed by atoms with Crippen LogP contribution in [0, 0.1) is 0 Å². The van der Waals surface area contributed by atoms with Crippen molar-refractivity contribution in [1.29, 1.82) is 0 Å². The van der Waals surface area contributed by atoms with Gasteiger partial charge >= 0.3 is 0 Å². The molecule has 1 rings (SSSR count). The van der Waals surface area contributed by atoms with E-state index in [1.807, 2.05) is 20.8 Å². The first-order chi connectivity index (χ1) is 7.37. The van der Waals surface area contributed by atoms with Crippen molar-refractivity contribution in [2.45, 2.75) is 38.9 Å². The van der Waals surface area contributed by atoms with E-state index >= 15 is 0 Å². The van der Waals surface area contributed by atoms with Crippen molar-refractivity contribution >= 4 is 15.9 Å². The topological polar surface area (TPSA) is 32.7 Å². The van der Waals surface area contributed by atoms with Crippen molar-refractivity contribution in [3.63, 3.8) is 0 Å². The van der Waals surface area contributed by atoms with Crippen LogP contribution in [0.25, 0.3) is 0 Å². The van der Waals surface area contributed by atoms with Crippen LogP contribution in [0.3, 0.4) is 0 Å². The van der Waals surface area contributed by atoms with Crippen LogP contribution in [-0.2, 0) is 4.74 Å². The molecular weight excluding hydrogens is 270 g/mol. The monoisotopic (exact) mass is 291 g/mol. The number of aliphatic hydroxyl groups is 1. The Morgan fingerprint density at radius 3 is 2.81 bits per heavy atom. The quantitative estimate of drug-likeness (QED) is 0.862. The summed E-state index contributed by atoms with van der Waals surface area (Å²) in [7, 11) is 0. The van der Waals surface area contributed by atoms with E-state index < -0.39 is 6.10 Å². The van der Waals surface area contributed by atoms with Gasteiger partial charge in [-0.05, 0) is 27.2 Å². The van der Waals surface area contributed by atoms with Crippen molar-refractivity contribution in [3.05, 3.63) is 10.6 Å². The second-order valence-electron chi connectivity index (χ2n) is 5.25. The first kappa shape index (κ1) is 14.2. The first-order valence-corrected chi connectivity index (χ1v) is 6.55. The third kappa shape index (κ3) is 5.99. The van der Waals surface area contributed by atoms with Crippen LogP contribution in [0.5, 0.6) is 0 Å². The second-order valence-corrected chi connectivity index (χ2v) is 6.27. The van der Waals surface area contributed by atoms with Crippen LogP contribution in [0.2, 0.25) is 0 Å². The largest absolute Gasteiger partial charge is 0.389 e. The van der Waals surface area contributed by atoms with E-state index in [0.29, 0.717) is 13.2 Å². The summed E-state index contributed by atoms with van der Waals surface area (Å²) < 4.78 is 6.77. The summed E-state index contributed by atoms with van der Waals surface area (Å²) in [5.41, 5.74) is -0.177. The van der Waals surface area contributed by atoms with Crippen LogP contribution in [-0.4, -0.2) is 48.0 Å². The third-order valence-corrected chi connectivity index (χ3v) is 2.94. The number of nitrogens with zero attached hydrogens (tertiary/aromatic N) is 1. The molecule has 1 aliphatic heterocycles. The maximum absolute atomic E-state index is 9.85. The van der Waals surface area contributed by atoms with Crippen molar-refractivity contribution < 1.29 is 9.84 Å². The summed E-state index contributed by atoms with van der Waals surface area (Å²) in [5.74, 6) is 0. The fourth-order valence-corrected chi connectivity index (χ4v) is 2.20. The predicted molar refractivity (Wildman–Crippen MR) is 69.8 cm³/mol. The lowest BCUT2D eigenvalue weighted by Crippen LogP contribution is -2.39. The van der Waals surface area contributed by atoms with Crippen LogP contribution in [0.4, 0.5) is 0 Å². The molecule has 0 bridgehead atoms. The molecule has 0 unspecified atom stereocenters. The normalized spacial score (nSPS) is 20.7. The molecule has 0 spiro atoms. The van der Waals surface area contributed by atoms with Gasteiger partial charge in [0, 0.05) is 24.1 Å². The average molecular weight is 292 g/mol. The molecule has 94 valence electrons. The molecule has 0 aliphatic carbocycles. The van der Waals surface area contributed by atoms with Crippen molar-refractivity contribution in [1.82, 2.24) is 4.90 Å². The zero-order valence-electron chi connectivity index (χ0n) is 10.4. The van der Waals surface area contributed by atoms with E-state index in [1.54, 1.807) is 0 Å². The molecule has 0 saturated heterocycles.